The minimum Gasteiger partial charge on any atom is -0.487 e. The van der Waals surface area contributed by atoms with Crippen LogP contribution in [0.2, 0.25) is 0 Å². The Morgan fingerprint density at radius 3 is 2.76 bits per heavy atom. The number of aliphatic hydroxyl groups excluding tert-OH is 1. The number of para-hydroxylation sites is 1. The molecule has 1 aromatic carbocycles. The zero-order valence-corrected chi connectivity index (χ0v) is 13.2. The topological polar surface area (TPSA) is 41.5 Å². The van der Waals surface area contributed by atoms with Crippen LogP contribution in [0.15, 0.2) is 18.2 Å². The lowest BCUT2D eigenvalue weighted by Gasteiger charge is -2.25. The molecule has 0 aromatic heterocycles. The van der Waals surface area contributed by atoms with Crippen LogP contribution >= 0.6 is 0 Å². The Balaban J connectivity index is 1.54. The standard InChI is InChI=1S/C18H27NO2/c1-18(2)10-14-4-3-5-15(17(14)21-18)12-19-11-13-6-8-16(20)9-7-13/h3-5,13,16,19-20H,6-12H2,1-2H3. The average molecular weight is 289 g/mol. The van der Waals surface area contributed by atoms with Gasteiger partial charge in [-0.3, -0.25) is 0 Å². The van der Waals surface area contributed by atoms with E-state index >= 15 is 0 Å². The Bertz CT molecular complexity index is 490. The molecule has 0 radical (unpaired) electrons. The van der Waals surface area contributed by atoms with Crippen LogP contribution in [0.3, 0.4) is 0 Å². The molecule has 116 valence electrons. The van der Waals surface area contributed by atoms with Crippen molar-refractivity contribution in [2.45, 2.75) is 64.2 Å². The largest absolute Gasteiger partial charge is 0.487 e. The summed E-state index contributed by atoms with van der Waals surface area (Å²) in [6, 6.07) is 6.48. The van der Waals surface area contributed by atoms with Gasteiger partial charge in [-0.1, -0.05) is 18.2 Å². The fourth-order valence-corrected chi connectivity index (χ4v) is 3.58. The van der Waals surface area contributed by atoms with E-state index in [1.807, 2.05) is 0 Å². The highest BCUT2D eigenvalue weighted by Gasteiger charge is 2.31. The molecule has 1 heterocycles. The lowest BCUT2D eigenvalue weighted by atomic mass is 9.87. The van der Waals surface area contributed by atoms with Crippen molar-refractivity contribution >= 4 is 0 Å². The molecule has 0 amide bonds. The van der Waals surface area contributed by atoms with E-state index in [0.717, 1.165) is 50.9 Å². The molecule has 1 aliphatic carbocycles. The first-order valence-corrected chi connectivity index (χ1v) is 8.22. The van der Waals surface area contributed by atoms with Gasteiger partial charge in [0.1, 0.15) is 11.4 Å². The summed E-state index contributed by atoms with van der Waals surface area (Å²) in [5.74, 6) is 1.80. The molecule has 0 spiro atoms. The first kappa shape index (κ1) is 14.9. The van der Waals surface area contributed by atoms with E-state index in [0.29, 0.717) is 5.92 Å². The van der Waals surface area contributed by atoms with Gasteiger partial charge in [-0.2, -0.15) is 0 Å². The van der Waals surface area contributed by atoms with Gasteiger partial charge in [-0.05, 0) is 57.6 Å². The summed E-state index contributed by atoms with van der Waals surface area (Å²) >= 11 is 0. The number of aliphatic hydroxyl groups is 1. The molecule has 1 aliphatic heterocycles. The number of fused-ring (bicyclic) bond motifs is 1. The zero-order chi connectivity index (χ0) is 14.9. The van der Waals surface area contributed by atoms with E-state index in [1.165, 1.54) is 11.1 Å². The monoisotopic (exact) mass is 289 g/mol. The van der Waals surface area contributed by atoms with Crippen molar-refractivity contribution in [2.24, 2.45) is 5.92 Å². The quantitative estimate of drug-likeness (QED) is 0.895. The summed E-state index contributed by atoms with van der Waals surface area (Å²) in [7, 11) is 0. The lowest BCUT2D eigenvalue weighted by Crippen LogP contribution is -2.28. The Morgan fingerprint density at radius 1 is 1.24 bits per heavy atom. The third kappa shape index (κ3) is 3.58. The molecule has 1 saturated carbocycles. The van der Waals surface area contributed by atoms with Crippen molar-refractivity contribution in [3.63, 3.8) is 0 Å². The number of hydrogen-bond acceptors (Lipinski definition) is 3. The summed E-state index contributed by atoms with van der Waals surface area (Å²) in [6.07, 6.45) is 5.15. The van der Waals surface area contributed by atoms with Crippen LogP contribution in [-0.2, 0) is 13.0 Å². The van der Waals surface area contributed by atoms with Gasteiger partial charge in [0.15, 0.2) is 0 Å². The summed E-state index contributed by atoms with van der Waals surface area (Å²) in [6.45, 7) is 6.22. The molecular formula is C18H27NO2. The predicted molar refractivity (Wildman–Crippen MR) is 84.5 cm³/mol. The first-order chi connectivity index (χ1) is 10.0. The third-order valence-corrected chi connectivity index (χ3v) is 4.74. The maximum atomic E-state index is 9.55. The summed E-state index contributed by atoms with van der Waals surface area (Å²) in [5, 5.41) is 13.1. The average Bonchev–Trinajstić information content (AvgIpc) is 2.76. The van der Waals surface area contributed by atoms with Gasteiger partial charge < -0.3 is 15.2 Å². The molecule has 0 saturated heterocycles. The zero-order valence-electron chi connectivity index (χ0n) is 13.2. The Labute approximate surface area is 127 Å². The second-order valence-electron chi connectivity index (χ2n) is 7.25. The van der Waals surface area contributed by atoms with Crippen LogP contribution in [0.5, 0.6) is 5.75 Å². The summed E-state index contributed by atoms with van der Waals surface area (Å²) < 4.78 is 6.11. The molecule has 2 aliphatic rings. The van der Waals surface area contributed by atoms with Crippen LogP contribution in [0.1, 0.15) is 50.7 Å². The number of nitrogens with one attached hydrogen (secondary N) is 1. The fourth-order valence-electron chi connectivity index (χ4n) is 3.58. The van der Waals surface area contributed by atoms with Crippen LogP contribution in [0.25, 0.3) is 0 Å². The van der Waals surface area contributed by atoms with Crippen molar-refractivity contribution in [2.75, 3.05) is 6.54 Å². The van der Waals surface area contributed by atoms with Gasteiger partial charge >= 0.3 is 0 Å². The van der Waals surface area contributed by atoms with Gasteiger partial charge in [0.2, 0.25) is 0 Å². The predicted octanol–water partition coefficient (Wildman–Crippen LogP) is 3.04. The van der Waals surface area contributed by atoms with Crippen molar-refractivity contribution in [3.8, 4) is 5.75 Å². The van der Waals surface area contributed by atoms with E-state index in [-0.39, 0.29) is 11.7 Å². The number of benzene rings is 1. The van der Waals surface area contributed by atoms with Gasteiger partial charge in [0.05, 0.1) is 6.10 Å². The van der Waals surface area contributed by atoms with Crippen molar-refractivity contribution in [1.82, 2.24) is 5.32 Å². The highest BCUT2D eigenvalue weighted by molar-refractivity contribution is 5.45. The minimum atomic E-state index is -0.0715. The number of hydrogen-bond donors (Lipinski definition) is 2. The number of rotatable bonds is 4. The third-order valence-electron chi connectivity index (χ3n) is 4.74. The normalized spacial score (nSPS) is 27.2. The van der Waals surface area contributed by atoms with Gasteiger partial charge in [0, 0.05) is 18.5 Å². The summed E-state index contributed by atoms with van der Waals surface area (Å²) in [5.41, 5.74) is 2.53. The molecule has 3 nitrogen and oxygen atoms in total. The van der Waals surface area contributed by atoms with Crippen LogP contribution in [0, 0.1) is 5.92 Å². The maximum absolute atomic E-state index is 9.55. The van der Waals surface area contributed by atoms with E-state index in [2.05, 4.69) is 37.4 Å². The highest BCUT2D eigenvalue weighted by Crippen LogP contribution is 2.37. The van der Waals surface area contributed by atoms with E-state index in [4.69, 9.17) is 4.74 Å². The summed E-state index contributed by atoms with van der Waals surface area (Å²) in [4.78, 5) is 0. The van der Waals surface area contributed by atoms with Gasteiger partial charge in [0.25, 0.3) is 0 Å². The maximum Gasteiger partial charge on any atom is 0.127 e. The molecule has 3 heteroatoms. The molecule has 0 atom stereocenters. The van der Waals surface area contributed by atoms with Gasteiger partial charge in [-0.15, -0.1) is 0 Å². The Morgan fingerprint density at radius 2 is 2.00 bits per heavy atom. The second kappa shape index (κ2) is 5.98. The van der Waals surface area contributed by atoms with Crippen molar-refractivity contribution in [1.29, 1.82) is 0 Å². The Kier molecular flexibility index (Phi) is 4.23. The molecule has 1 fully saturated rings. The van der Waals surface area contributed by atoms with E-state index < -0.39 is 0 Å². The first-order valence-electron chi connectivity index (χ1n) is 8.22. The molecule has 0 unspecified atom stereocenters. The molecule has 1 aromatic rings. The fraction of sp³-hybridized carbons (Fsp3) is 0.667. The van der Waals surface area contributed by atoms with Crippen molar-refractivity contribution in [3.05, 3.63) is 29.3 Å². The highest BCUT2D eigenvalue weighted by atomic mass is 16.5. The molecule has 2 N–H and O–H groups in total. The smallest absolute Gasteiger partial charge is 0.127 e. The Hall–Kier alpha value is -1.06. The van der Waals surface area contributed by atoms with Crippen LogP contribution in [0.4, 0.5) is 0 Å². The van der Waals surface area contributed by atoms with Crippen LogP contribution in [-0.4, -0.2) is 23.4 Å². The van der Waals surface area contributed by atoms with Crippen LogP contribution < -0.4 is 10.1 Å². The van der Waals surface area contributed by atoms with Gasteiger partial charge in [-0.25, -0.2) is 0 Å². The molecule has 0 bridgehead atoms. The van der Waals surface area contributed by atoms with E-state index in [9.17, 15) is 5.11 Å². The molecule has 21 heavy (non-hydrogen) atoms. The van der Waals surface area contributed by atoms with Crippen molar-refractivity contribution < 1.29 is 9.84 Å². The SMILES string of the molecule is CC1(C)Cc2cccc(CNCC3CCC(O)CC3)c2O1. The van der Waals surface area contributed by atoms with E-state index in [1.54, 1.807) is 0 Å². The molecular weight excluding hydrogens is 262 g/mol. The second-order valence-corrected chi connectivity index (χ2v) is 7.25. The lowest BCUT2D eigenvalue weighted by molar-refractivity contribution is 0.108. The minimum absolute atomic E-state index is 0.0609. The molecule has 3 rings (SSSR count). The number of ether oxygens (including phenoxy) is 1.